The number of aryl methyl sites for hydroxylation is 1. The van der Waals surface area contributed by atoms with E-state index in [2.05, 4.69) is 4.98 Å². The van der Waals surface area contributed by atoms with Gasteiger partial charge in [0.1, 0.15) is 24.0 Å². The van der Waals surface area contributed by atoms with E-state index in [1.807, 2.05) is 6.92 Å². The number of alkyl halides is 1. The van der Waals surface area contributed by atoms with E-state index >= 15 is 0 Å². The Hall–Kier alpha value is -1.68. The van der Waals surface area contributed by atoms with Crippen molar-refractivity contribution in [2.75, 3.05) is 0 Å². The van der Waals surface area contributed by atoms with Crippen LogP contribution in [0, 0.1) is 18.6 Å². The number of pyridine rings is 1. The Kier molecular flexibility index (Phi) is 4.32. The molecule has 2 aromatic rings. The summed E-state index contributed by atoms with van der Waals surface area (Å²) >= 11 is 5.77. The highest BCUT2D eigenvalue weighted by Crippen LogP contribution is 2.20. The molecular formula is C14H12ClF2NO. The Bertz CT molecular complexity index is 569. The van der Waals surface area contributed by atoms with Gasteiger partial charge in [-0.3, -0.25) is 4.98 Å². The first-order valence-corrected chi connectivity index (χ1v) is 6.22. The quantitative estimate of drug-likeness (QED) is 0.792. The van der Waals surface area contributed by atoms with E-state index in [9.17, 15) is 8.78 Å². The van der Waals surface area contributed by atoms with Crippen LogP contribution in [0.1, 0.15) is 17.0 Å². The van der Waals surface area contributed by atoms with Crippen LogP contribution < -0.4 is 4.74 Å². The smallest absolute Gasteiger partial charge is 0.142 e. The molecule has 0 saturated carbocycles. The number of aromatic nitrogens is 1. The Balaban J connectivity index is 2.14. The van der Waals surface area contributed by atoms with Crippen LogP contribution in [-0.2, 0) is 12.5 Å². The second-order valence-electron chi connectivity index (χ2n) is 4.10. The lowest BCUT2D eigenvalue weighted by atomic mass is 10.2. The lowest BCUT2D eigenvalue weighted by molar-refractivity contribution is 0.300. The Morgan fingerprint density at radius 2 is 1.84 bits per heavy atom. The van der Waals surface area contributed by atoms with Gasteiger partial charge in [0.05, 0.1) is 11.6 Å². The summed E-state index contributed by atoms with van der Waals surface area (Å²) in [5, 5.41) is 0. The van der Waals surface area contributed by atoms with Gasteiger partial charge in [0.25, 0.3) is 0 Å². The van der Waals surface area contributed by atoms with Gasteiger partial charge in [-0.2, -0.15) is 0 Å². The summed E-state index contributed by atoms with van der Waals surface area (Å²) in [6.45, 7) is 1.91. The van der Waals surface area contributed by atoms with E-state index in [1.54, 1.807) is 12.1 Å². The van der Waals surface area contributed by atoms with Gasteiger partial charge in [0.2, 0.25) is 0 Å². The zero-order valence-electron chi connectivity index (χ0n) is 10.3. The maximum absolute atomic E-state index is 13.0. The fourth-order valence-electron chi connectivity index (χ4n) is 1.68. The molecule has 0 radical (unpaired) electrons. The van der Waals surface area contributed by atoms with Crippen LogP contribution in [-0.4, -0.2) is 4.98 Å². The minimum atomic E-state index is -0.627. The second kappa shape index (κ2) is 5.97. The molecule has 2 nitrogen and oxygen atoms in total. The number of benzene rings is 1. The van der Waals surface area contributed by atoms with Crippen molar-refractivity contribution in [1.82, 2.24) is 4.98 Å². The van der Waals surface area contributed by atoms with Crippen LogP contribution in [0.2, 0.25) is 0 Å². The van der Waals surface area contributed by atoms with Gasteiger partial charge in [-0.05, 0) is 36.8 Å². The maximum atomic E-state index is 13.0. The first-order valence-electron chi connectivity index (χ1n) is 5.69. The predicted octanol–water partition coefficient (Wildman–Crippen LogP) is 3.99. The van der Waals surface area contributed by atoms with Crippen molar-refractivity contribution in [2.45, 2.75) is 19.4 Å². The fraction of sp³-hybridized carbons (Fsp3) is 0.214. The van der Waals surface area contributed by atoms with Gasteiger partial charge >= 0.3 is 0 Å². The number of nitrogens with zero attached hydrogens (tertiary/aromatic N) is 1. The minimum Gasteiger partial charge on any atom is -0.487 e. The fourth-order valence-corrected chi connectivity index (χ4v) is 1.87. The van der Waals surface area contributed by atoms with E-state index in [1.165, 1.54) is 12.1 Å². The molecule has 0 aliphatic rings. The van der Waals surface area contributed by atoms with Gasteiger partial charge in [0.15, 0.2) is 0 Å². The molecular weight excluding hydrogens is 272 g/mol. The van der Waals surface area contributed by atoms with Crippen molar-refractivity contribution < 1.29 is 13.5 Å². The molecule has 0 unspecified atom stereocenters. The molecule has 0 saturated heterocycles. The molecule has 5 heteroatoms. The number of rotatable bonds is 4. The molecule has 0 bridgehead atoms. The van der Waals surface area contributed by atoms with Gasteiger partial charge in [-0.25, -0.2) is 8.78 Å². The van der Waals surface area contributed by atoms with Crippen molar-refractivity contribution in [3.63, 3.8) is 0 Å². The van der Waals surface area contributed by atoms with Crippen molar-refractivity contribution in [1.29, 1.82) is 0 Å². The molecule has 0 amide bonds. The minimum absolute atomic E-state index is 0.0588. The Labute approximate surface area is 115 Å². The van der Waals surface area contributed by atoms with Crippen LogP contribution in [0.25, 0.3) is 0 Å². The molecule has 0 aliphatic carbocycles. The molecule has 19 heavy (non-hydrogen) atoms. The van der Waals surface area contributed by atoms with Gasteiger partial charge in [-0.15, -0.1) is 11.6 Å². The highest BCUT2D eigenvalue weighted by atomic mass is 35.5. The molecule has 1 heterocycles. The second-order valence-corrected chi connectivity index (χ2v) is 4.36. The largest absolute Gasteiger partial charge is 0.487 e. The molecule has 0 atom stereocenters. The average Bonchev–Trinajstić information content (AvgIpc) is 2.36. The standard InChI is InChI=1S/C14H12ClF2NO/c1-9-2-3-14(13(7-15)18-9)19-8-10-4-11(16)6-12(17)5-10/h2-6H,7-8H2,1H3. The van der Waals surface area contributed by atoms with Gasteiger partial charge < -0.3 is 4.74 Å². The van der Waals surface area contributed by atoms with E-state index in [0.717, 1.165) is 11.8 Å². The lowest BCUT2D eigenvalue weighted by Crippen LogP contribution is -2.01. The third-order valence-electron chi connectivity index (χ3n) is 2.51. The summed E-state index contributed by atoms with van der Waals surface area (Å²) in [7, 11) is 0. The monoisotopic (exact) mass is 283 g/mol. The van der Waals surface area contributed by atoms with Crippen molar-refractivity contribution in [2.24, 2.45) is 0 Å². The predicted molar refractivity (Wildman–Crippen MR) is 69.2 cm³/mol. The first kappa shape index (κ1) is 13.7. The summed E-state index contributed by atoms with van der Waals surface area (Å²) in [4.78, 5) is 4.23. The van der Waals surface area contributed by atoms with E-state index in [-0.39, 0.29) is 12.5 Å². The van der Waals surface area contributed by atoms with Gasteiger partial charge in [-0.1, -0.05) is 0 Å². The van der Waals surface area contributed by atoms with Crippen molar-refractivity contribution >= 4 is 11.6 Å². The third kappa shape index (κ3) is 3.64. The molecule has 0 fully saturated rings. The lowest BCUT2D eigenvalue weighted by Gasteiger charge is -2.10. The topological polar surface area (TPSA) is 22.1 Å². The summed E-state index contributed by atoms with van der Waals surface area (Å²) in [5.41, 5.74) is 1.86. The first-order chi connectivity index (χ1) is 9.08. The highest BCUT2D eigenvalue weighted by molar-refractivity contribution is 6.17. The molecule has 0 N–H and O–H groups in total. The normalized spacial score (nSPS) is 10.5. The molecule has 1 aromatic heterocycles. The molecule has 100 valence electrons. The average molecular weight is 284 g/mol. The van der Waals surface area contributed by atoms with Crippen molar-refractivity contribution in [3.05, 3.63) is 58.9 Å². The Morgan fingerprint density at radius 1 is 1.16 bits per heavy atom. The van der Waals surface area contributed by atoms with Gasteiger partial charge in [0, 0.05) is 11.8 Å². The summed E-state index contributed by atoms with van der Waals surface area (Å²) < 4.78 is 31.5. The third-order valence-corrected chi connectivity index (χ3v) is 2.77. The van der Waals surface area contributed by atoms with Crippen LogP contribution >= 0.6 is 11.6 Å². The SMILES string of the molecule is Cc1ccc(OCc2cc(F)cc(F)c2)c(CCl)n1. The summed E-state index contributed by atoms with van der Waals surface area (Å²) in [5.74, 6) is -0.518. The number of ether oxygens (including phenoxy) is 1. The zero-order chi connectivity index (χ0) is 13.8. The number of hydrogen-bond acceptors (Lipinski definition) is 2. The summed E-state index contributed by atoms with van der Waals surface area (Å²) in [6, 6.07) is 6.81. The maximum Gasteiger partial charge on any atom is 0.142 e. The molecule has 0 spiro atoms. The number of hydrogen-bond donors (Lipinski definition) is 0. The van der Waals surface area contributed by atoms with E-state index in [0.29, 0.717) is 17.0 Å². The molecule has 0 aliphatic heterocycles. The Morgan fingerprint density at radius 3 is 2.47 bits per heavy atom. The molecule has 1 aromatic carbocycles. The number of halogens is 3. The van der Waals surface area contributed by atoms with Crippen LogP contribution in [0.4, 0.5) is 8.78 Å². The highest BCUT2D eigenvalue weighted by Gasteiger charge is 2.06. The van der Waals surface area contributed by atoms with Crippen LogP contribution in [0.15, 0.2) is 30.3 Å². The van der Waals surface area contributed by atoms with Crippen LogP contribution in [0.3, 0.4) is 0 Å². The zero-order valence-corrected chi connectivity index (χ0v) is 11.0. The van der Waals surface area contributed by atoms with E-state index in [4.69, 9.17) is 16.3 Å². The summed E-state index contributed by atoms with van der Waals surface area (Å²) in [6.07, 6.45) is 0. The van der Waals surface area contributed by atoms with E-state index < -0.39 is 11.6 Å². The van der Waals surface area contributed by atoms with Crippen LogP contribution in [0.5, 0.6) is 5.75 Å². The van der Waals surface area contributed by atoms with Crippen molar-refractivity contribution in [3.8, 4) is 5.75 Å². The molecule has 2 rings (SSSR count).